The van der Waals surface area contributed by atoms with Gasteiger partial charge in [-0.05, 0) is 33.1 Å². The second-order valence-electron chi connectivity index (χ2n) is 2.96. The van der Waals surface area contributed by atoms with Crippen molar-refractivity contribution in [2.45, 2.75) is 46.5 Å². The lowest BCUT2D eigenvalue weighted by Gasteiger charge is -1.96. The molecule has 64 valence electrons. The zero-order chi connectivity index (χ0) is 8.53. The molecule has 0 fully saturated rings. The van der Waals surface area contributed by atoms with Crippen molar-refractivity contribution in [3.05, 3.63) is 23.8 Å². The van der Waals surface area contributed by atoms with Crippen LogP contribution in [-0.2, 0) is 0 Å². The zero-order valence-electron chi connectivity index (χ0n) is 8.06. The maximum Gasteiger partial charge on any atom is -0.0167 e. The molecule has 0 nitrogen and oxygen atoms in total. The molecule has 0 atom stereocenters. The molecule has 0 aliphatic heterocycles. The molecule has 0 bridgehead atoms. The minimum atomic E-state index is 1.10. The van der Waals surface area contributed by atoms with Crippen LogP contribution in [0.25, 0.3) is 0 Å². The Morgan fingerprint density at radius 1 is 1.36 bits per heavy atom. The molecule has 0 heteroatoms. The highest BCUT2D eigenvalue weighted by Gasteiger charge is 1.86. The van der Waals surface area contributed by atoms with Crippen molar-refractivity contribution in [3.8, 4) is 0 Å². The second-order valence-corrected chi connectivity index (χ2v) is 2.96. The predicted molar refractivity (Wildman–Crippen MR) is 52.7 cm³/mol. The normalized spacial score (nSPS) is 12.8. The summed E-state index contributed by atoms with van der Waals surface area (Å²) in [5, 5.41) is 0. The Morgan fingerprint density at radius 2 is 2.09 bits per heavy atom. The van der Waals surface area contributed by atoms with Crippen molar-refractivity contribution in [3.63, 3.8) is 0 Å². The Kier molecular flexibility index (Phi) is 7.23. The van der Waals surface area contributed by atoms with E-state index in [1.165, 1.54) is 24.8 Å². The van der Waals surface area contributed by atoms with Crippen LogP contribution in [0.2, 0.25) is 0 Å². The molecule has 0 aromatic rings. The smallest absolute Gasteiger partial charge is 0.0167 e. The summed E-state index contributed by atoms with van der Waals surface area (Å²) in [7, 11) is 0. The zero-order valence-corrected chi connectivity index (χ0v) is 8.06. The lowest BCUT2D eigenvalue weighted by molar-refractivity contribution is 0.785. The topological polar surface area (TPSA) is 0 Å². The Labute approximate surface area is 71.0 Å². The third kappa shape index (κ3) is 7.38. The van der Waals surface area contributed by atoms with Gasteiger partial charge >= 0.3 is 0 Å². The van der Waals surface area contributed by atoms with Gasteiger partial charge in [0.25, 0.3) is 0 Å². The number of unbranched alkanes of at least 4 members (excludes halogenated alkanes) is 1. The van der Waals surface area contributed by atoms with Gasteiger partial charge in [0.15, 0.2) is 0 Å². The van der Waals surface area contributed by atoms with E-state index >= 15 is 0 Å². The van der Waals surface area contributed by atoms with E-state index < -0.39 is 0 Å². The summed E-state index contributed by atoms with van der Waals surface area (Å²) in [6.07, 6.45) is 11.6. The highest BCUT2D eigenvalue weighted by atomic mass is 13.9. The summed E-state index contributed by atoms with van der Waals surface area (Å²) in [5.74, 6) is 0. The molecule has 11 heavy (non-hydrogen) atoms. The Balaban J connectivity index is 3.45. The number of hydrogen-bond acceptors (Lipinski definition) is 0. The van der Waals surface area contributed by atoms with E-state index in [9.17, 15) is 0 Å². The Bertz CT molecular complexity index is 129. The summed E-state index contributed by atoms with van der Waals surface area (Å²) >= 11 is 0. The van der Waals surface area contributed by atoms with Gasteiger partial charge in [-0.2, -0.15) is 0 Å². The average molecular weight is 152 g/mol. The third-order valence-electron chi connectivity index (χ3n) is 1.76. The molecule has 0 aromatic carbocycles. The summed E-state index contributed by atoms with van der Waals surface area (Å²) in [4.78, 5) is 0. The standard InChI is InChI=1S/C11H20/c1-4-6-8-10-11(3)9-7-5-2/h4,6,10H,5,7-9H2,1-3H3. The van der Waals surface area contributed by atoms with E-state index in [-0.39, 0.29) is 0 Å². The van der Waals surface area contributed by atoms with E-state index in [1.807, 2.05) is 0 Å². The van der Waals surface area contributed by atoms with Crippen molar-refractivity contribution >= 4 is 0 Å². The van der Waals surface area contributed by atoms with Crippen LogP contribution in [0.4, 0.5) is 0 Å². The molecule has 0 aliphatic carbocycles. The molecular weight excluding hydrogens is 132 g/mol. The summed E-state index contributed by atoms with van der Waals surface area (Å²) in [6, 6.07) is 0. The summed E-state index contributed by atoms with van der Waals surface area (Å²) in [6.45, 7) is 6.52. The first-order valence-electron chi connectivity index (χ1n) is 4.58. The van der Waals surface area contributed by atoms with Crippen LogP contribution in [0.5, 0.6) is 0 Å². The molecule has 0 rings (SSSR count). The van der Waals surface area contributed by atoms with Crippen molar-refractivity contribution in [2.24, 2.45) is 0 Å². The fraction of sp³-hybridized carbons (Fsp3) is 0.636. The van der Waals surface area contributed by atoms with Crippen molar-refractivity contribution < 1.29 is 0 Å². The van der Waals surface area contributed by atoms with Crippen LogP contribution >= 0.6 is 0 Å². The molecular formula is C11H20. The molecule has 0 saturated carbocycles. The van der Waals surface area contributed by atoms with Crippen LogP contribution < -0.4 is 0 Å². The number of rotatable bonds is 5. The molecule has 0 saturated heterocycles. The summed E-state index contributed by atoms with van der Waals surface area (Å²) < 4.78 is 0. The minimum Gasteiger partial charge on any atom is -0.0914 e. The van der Waals surface area contributed by atoms with Crippen LogP contribution in [0.15, 0.2) is 23.8 Å². The van der Waals surface area contributed by atoms with E-state index in [0.717, 1.165) is 6.42 Å². The minimum absolute atomic E-state index is 1.10. The first-order valence-corrected chi connectivity index (χ1v) is 4.58. The lowest BCUT2D eigenvalue weighted by Crippen LogP contribution is -1.76. The largest absolute Gasteiger partial charge is 0.0914 e. The number of hydrogen-bond donors (Lipinski definition) is 0. The van der Waals surface area contributed by atoms with Crippen LogP contribution in [0.3, 0.4) is 0 Å². The van der Waals surface area contributed by atoms with E-state index in [1.54, 1.807) is 0 Å². The van der Waals surface area contributed by atoms with Crippen LogP contribution in [0.1, 0.15) is 46.5 Å². The van der Waals surface area contributed by atoms with E-state index in [0.29, 0.717) is 0 Å². The van der Waals surface area contributed by atoms with Gasteiger partial charge in [0.1, 0.15) is 0 Å². The molecule has 0 amide bonds. The maximum absolute atomic E-state index is 2.32. The maximum atomic E-state index is 2.32. The fourth-order valence-corrected chi connectivity index (χ4v) is 0.963. The Hall–Kier alpha value is -0.520. The van der Waals surface area contributed by atoms with Crippen molar-refractivity contribution in [1.82, 2.24) is 0 Å². The average Bonchev–Trinajstić information content (AvgIpc) is 2.01. The molecule has 0 aliphatic rings. The van der Waals surface area contributed by atoms with Gasteiger partial charge in [0.05, 0.1) is 0 Å². The van der Waals surface area contributed by atoms with E-state index in [2.05, 4.69) is 39.0 Å². The van der Waals surface area contributed by atoms with Gasteiger partial charge < -0.3 is 0 Å². The first-order chi connectivity index (χ1) is 5.31. The number of allylic oxidation sites excluding steroid dienone is 4. The molecule has 0 unspecified atom stereocenters. The van der Waals surface area contributed by atoms with Crippen molar-refractivity contribution in [1.29, 1.82) is 0 Å². The van der Waals surface area contributed by atoms with Gasteiger partial charge in [0, 0.05) is 0 Å². The highest BCUT2D eigenvalue weighted by molar-refractivity contribution is 5.01. The monoisotopic (exact) mass is 152 g/mol. The van der Waals surface area contributed by atoms with Gasteiger partial charge in [-0.15, -0.1) is 0 Å². The quantitative estimate of drug-likeness (QED) is 0.520. The van der Waals surface area contributed by atoms with E-state index in [4.69, 9.17) is 0 Å². The SMILES string of the molecule is CC=CCC=C(C)CCCC. The van der Waals surface area contributed by atoms with Crippen LogP contribution in [-0.4, -0.2) is 0 Å². The molecule has 0 spiro atoms. The highest BCUT2D eigenvalue weighted by Crippen LogP contribution is 2.06. The molecule has 0 heterocycles. The lowest BCUT2D eigenvalue weighted by atomic mass is 10.1. The summed E-state index contributed by atoms with van der Waals surface area (Å²) in [5.41, 5.74) is 1.53. The molecule has 0 radical (unpaired) electrons. The Morgan fingerprint density at radius 3 is 2.64 bits per heavy atom. The fourth-order valence-electron chi connectivity index (χ4n) is 0.963. The van der Waals surface area contributed by atoms with Gasteiger partial charge in [-0.3, -0.25) is 0 Å². The van der Waals surface area contributed by atoms with Gasteiger partial charge in [0.2, 0.25) is 0 Å². The predicted octanol–water partition coefficient (Wildman–Crippen LogP) is 4.09. The van der Waals surface area contributed by atoms with Crippen molar-refractivity contribution in [2.75, 3.05) is 0 Å². The first kappa shape index (κ1) is 10.5. The van der Waals surface area contributed by atoms with Gasteiger partial charge in [-0.25, -0.2) is 0 Å². The molecule has 0 N–H and O–H groups in total. The molecule has 0 aromatic heterocycles. The third-order valence-corrected chi connectivity index (χ3v) is 1.76. The van der Waals surface area contributed by atoms with Crippen LogP contribution in [0, 0.1) is 0 Å². The second kappa shape index (κ2) is 7.59. The van der Waals surface area contributed by atoms with Gasteiger partial charge in [-0.1, -0.05) is 37.1 Å².